The van der Waals surface area contributed by atoms with Crippen LogP contribution in [-0.2, 0) is 10.2 Å². The third kappa shape index (κ3) is 1.21. The van der Waals surface area contributed by atoms with Crippen LogP contribution in [0.4, 0.5) is 0 Å². The monoisotopic (exact) mass is 189 g/mol. The lowest BCUT2D eigenvalue weighted by atomic mass is 9.79. The summed E-state index contributed by atoms with van der Waals surface area (Å²) in [5.41, 5.74) is 0.0198. The zero-order valence-corrected chi connectivity index (χ0v) is 7.68. The van der Waals surface area contributed by atoms with Crippen molar-refractivity contribution in [3.8, 4) is 0 Å². The maximum Gasteiger partial charge on any atom is 0.314 e. The van der Waals surface area contributed by atoms with E-state index in [4.69, 9.17) is 0 Å². The van der Waals surface area contributed by atoms with E-state index in [1.165, 1.54) is 0 Å². The van der Waals surface area contributed by atoms with Crippen molar-refractivity contribution >= 4 is 5.97 Å². The van der Waals surface area contributed by atoms with Gasteiger partial charge in [-0.1, -0.05) is 18.2 Å². The van der Waals surface area contributed by atoms with Crippen molar-refractivity contribution < 1.29 is 9.90 Å². The molecule has 0 radical (unpaired) electrons. The van der Waals surface area contributed by atoms with Gasteiger partial charge < -0.3 is 5.11 Å². The summed E-state index contributed by atoms with van der Waals surface area (Å²) < 4.78 is 0. The molecular formula is C11H11NO2. The number of pyridine rings is 1. The molecule has 0 saturated carbocycles. The molecule has 72 valence electrons. The minimum Gasteiger partial charge on any atom is -0.481 e. The van der Waals surface area contributed by atoms with Gasteiger partial charge in [-0.25, -0.2) is 0 Å². The van der Waals surface area contributed by atoms with Crippen LogP contribution in [0.25, 0.3) is 0 Å². The third-order valence-electron chi connectivity index (χ3n) is 2.72. The minimum absolute atomic E-state index is 0.564. The van der Waals surface area contributed by atoms with E-state index in [9.17, 15) is 9.90 Å². The molecule has 0 spiro atoms. The van der Waals surface area contributed by atoms with Crippen molar-refractivity contribution in [3.63, 3.8) is 0 Å². The van der Waals surface area contributed by atoms with Crippen LogP contribution in [0.1, 0.15) is 18.4 Å². The summed E-state index contributed by atoms with van der Waals surface area (Å²) in [4.78, 5) is 15.2. The molecule has 1 N–H and O–H groups in total. The first-order chi connectivity index (χ1) is 6.76. The smallest absolute Gasteiger partial charge is 0.314 e. The van der Waals surface area contributed by atoms with Crippen LogP contribution >= 0.6 is 0 Å². The van der Waals surface area contributed by atoms with Gasteiger partial charge in [-0.2, -0.15) is 0 Å². The van der Waals surface area contributed by atoms with Gasteiger partial charge in [-0.15, -0.1) is 0 Å². The highest BCUT2D eigenvalue weighted by atomic mass is 16.4. The molecule has 0 aliphatic heterocycles. The molecule has 3 nitrogen and oxygen atoms in total. The van der Waals surface area contributed by atoms with Gasteiger partial charge in [0, 0.05) is 12.4 Å². The summed E-state index contributed by atoms with van der Waals surface area (Å²) in [5.74, 6) is -0.768. The fourth-order valence-corrected chi connectivity index (χ4v) is 1.83. The number of nitrogens with zero attached hydrogens (tertiary/aromatic N) is 1. The van der Waals surface area contributed by atoms with Gasteiger partial charge in [-0.3, -0.25) is 9.78 Å². The molecule has 0 fully saturated rings. The predicted molar refractivity (Wildman–Crippen MR) is 51.9 cm³/mol. The number of rotatable bonds is 2. The molecule has 1 heterocycles. The minimum atomic E-state index is -0.770. The van der Waals surface area contributed by atoms with Crippen LogP contribution in [0.3, 0.4) is 0 Å². The van der Waals surface area contributed by atoms with Gasteiger partial charge in [0.25, 0.3) is 0 Å². The Morgan fingerprint density at radius 3 is 2.64 bits per heavy atom. The second-order valence-electron chi connectivity index (χ2n) is 3.51. The summed E-state index contributed by atoms with van der Waals surface area (Å²) in [6, 6.07) is 3.60. The lowest BCUT2D eigenvalue weighted by molar-refractivity contribution is -0.143. The van der Waals surface area contributed by atoms with Crippen LogP contribution in [-0.4, -0.2) is 16.1 Å². The Labute approximate surface area is 82.1 Å². The van der Waals surface area contributed by atoms with Crippen molar-refractivity contribution in [3.05, 3.63) is 42.2 Å². The molecule has 2 rings (SSSR count). The van der Waals surface area contributed by atoms with E-state index in [-0.39, 0.29) is 0 Å². The Bertz CT molecular complexity index is 362. The predicted octanol–water partition coefficient (Wildman–Crippen LogP) is 1.75. The fourth-order valence-electron chi connectivity index (χ4n) is 1.83. The molecule has 1 aromatic heterocycles. The number of hydrogen-bond acceptors (Lipinski definition) is 2. The molecule has 1 aromatic rings. The molecule has 1 aliphatic rings. The first kappa shape index (κ1) is 8.94. The van der Waals surface area contributed by atoms with Gasteiger partial charge in [0.05, 0.1) is 0 Å². The summed E-state index contributed by atoms with van der Waals surface area (Å²) in [6.07, 6.45) is 8.26. The summed E-state index contributed by atoms with van der Waals surface area (Å²) in [5, 5.41) is 9.25. The highest BCUT2D eigenvalue weighted by Crippen LogP contribution is 2.36. The lowest BCUT2D eigenvalue weighted by Crippen LogP contribution is -2.32. The first-order valence-corrected chi connectivity index (χ1v) is 4.55. The summed E-state index contributed by atoms with van der Waals surface area (Å²) in [7, 11) is 0. The van der Waals surface area contributed by atoms with Crippen LogP contribution in [0, 0.1) is 0 Å². The average Bonchev–Trinajstić information content (AvgIpc) is 2.69. The molecule has 0 atom stereocenters. The van der Waals surface area contributed by atoms with E-state index in [2.05, 4.69) is 4.98 Å². The average molecular weight is 189 g/mol. The SMILES string of the molecule is O=C(O)C1(c2cccnc2)CC=CC1. The van der Waals surface area contributed by atoms with Crippen molar-refractivity contribution in [2.45, 2.75) is 18.3 Å². The molecule has 0 aromatic carbocycles. The van der Waals surface area contributed by atoms with E-state index >= 15 is 0 Å². The van der Waals surface area contributed by atoms with E-state index in [0.717, 1.165) is 5.56 Å². The van der Waals surface area contributed by atoms with E-state index in [0.29, 0.717) is 12.8 Å². The summed E-state index contributed by atoms with van der Waals surface area (Å²) in [6.45, 7) is 0. The second-order valence-corrected chi connectivity index (χ2v) is 3.51. The zero-order chi connectivity index (χ0) is 10.0. The standard InChI is InChI=1S/C11H11NO2/c13-10(14)11(5-1-2-6-11)9-4-3-7-12-8-9/h1-4,7-8H,5-6H2,(H,13,14). The number of aromatic nitrogens is 1. The Kier molecular flexibility index (Phi) is 2.08. The maximum absolute atomic E-state index is 11.3. The highest BCUT2D eigenvalue weighted by Gasteiger charge is 2.40. The zero-order valence-electron chi connectivity index (χ0n) is 7.68. The number of allylic oxidation sites excluding steroid dienone is 2. The fraction of sp³-hybridized carbons (Fsp3) is 0.273. The quantitative estimate of drug-likeness (QED) is 0.721. The van der Waals surface area contributed by atoms with Gasteiger partial charge in [0.2, 0.25) is 0 Å². The first-order valence-electron chi connectivity index (χ1n) is 4.55. The molecule has 3 heteroatoms. The molecular weight excluding hydrogens is 178 g/mol. The second kappa shape index (κ2) is 3.25. The normalized spacial score (nSPS) is 18.3. The molecule has 0 amide bonds. The Morgan fingerprint density at radius 2 is 2.14 bits per heavy atom. The molecule has 0 unspecified atom stereocenters. The topological polar surface area (TPSA) is 50.2 Å². The Hall–Kier alpha value is -1.64. The van der Waals surface area contributed by atoms with Crippen molar-refractivity contribution in [1.29, 1.82) is 0 Å². The van der Waals surface area contributed by atoms with E-state index < -0.39 is 11.4 Å². The number of hydrogen-bond donors (Lipinski definition) is 1. The number of carboxylic acids is 1. The number of aliphatic carboxylic acids is 1. The molecule has 0 saturated heterocycles. The van der Waals surface area contributed by atoms with Crippen molar-refractivity contribution in [2.24, 2.45) is 0 Å². The van der Waals surface area contributed by atoms with E-state index in [1.807, 2.05) is 18.2 Å². The van der Waals surface area contributed by atoms with Crippen LogP contribution in [0.15, 0.2) is 36.7 Å². The largest absolute Gasteiger partial charge is 0.481 e. The van der Waals surface area contributed by atoms with E-state index in [1.54, 1.807) is 18.5 Å². The van der Waals surface area contributed by atoms with Gasteiger partial charge in [-0.05, 0) is 24.5 Å². The molecule has 14 heavy (non-hydrogen) atoms. The lowest BCUT2D eigenvalue weighted by Gasteiger charge is -2.23. The number of carbonyl (C=O) groups is 1. The Morgan fingerprint density at radius 1 is 1.43 bits per heavy atom. The van der Waals surface area contributed by atoms with Gasteiger partial charge >= 0.3 is 5.97 Å². The number of carboxylic acid groups (broad SMARTS) is 1. The van der Waals surface area contributed by atoms with Crippen LogP contribution in [0.2, 0.25) is 0 Å². The maximum atomic E-state index is 11.3. The van der Waals surface area contributed by atoms with Crippen LogP contribution in [0.5, 0.6) is 0 Å². The highest BCUT2D eigenvalue weighted by molar-refractivity contribution is 5.82. The summed E-state index contributed by atoms with van der Waals surface area (Å²) >= 11 is 0. The van der Waals surface area contributed by atoms with Gasteiger partial charge in [0.1, 0.15) is 5.41 Å². The third-order valence-corrected chi connectivity index (χ3v) is 2.72. The van der Waals surface area contributed by atoms with Crippen molar-refractivity contribution in [1.82, 2.24) is 4.98 Å². The Balaban J connectivity index is 2.43. The molecule has 1 aliphatic carbocycles. The van der Waals surface area contributed by atoms with Gasteiger partial charge in [0.15, 0.2) is 0 Å². The van der Waals surface area contributed by atoms with Crippen molar-refractivity contribution in [2.75, 3.05) is 0 Å². The molecule has 0 bridgehead atoms. The van der Waals surface area contributed by atoms with Crippen LogP contribution < -0.4 is 0 Å².